The number of unbranched alkanes of at least 4 members (excludes halogenated alkanes) is 4. The molecule has 0 unspecified atom stereocenters. The summed E-state index contributed by atoms with van der Waals surface area (Å²) in [7, 11) is 0. The van der Waals surface area contributed by atoms with Crippen molar-refractivity contribution < 1.29 is 0 Å². The van der Waals surface area contributed by atoms with Gasteiger partial charge in [0.2, 0.25) is 0 Å². The second-order valence-corrected chi connectivity index (χ2v) is 5.93. The summed E-state index contributed by atoms with van der Waals surface area (Å²) in [5, 5.41) is 9.71. The Bertz CT molecular complexity index is 659. The largest absolute Gasteiger partial charge is 0.155 e. The van der Waals surface area contributed by atoms with Gasteiger partial charge in [0, 0.05) is 16.3 Å². The molecule has 1 heterocycles. The highest BCUT2D eigenvalue weighted by Gasteiger charge is 2.07. The zero-order valence-electron chi connectivity index (χ0n) is 11.4. The number of nitrogens with zero attached hydrogens (tertiary/aromatic N) is 2. The van der Waals surface area contributed by atoms with Gasteiger partial charge in [-0.25, -0.2) is 0 Å². The van der Waals surface area contributed by atoms with Gasteiger partial charge in [0.15, 0.2) is 5.69 Å². The molecule has 0 aliphatic rings. The molecule has 0 saturated carbocycles. The Kier molecular flexibility index (Phi) is 5.82. The highest BCUT2D eigenvalue weighted by atomic mass is 79.9. The molecule has 0 atom stereocenters. The lowest BCUT2D eigenvalue weighted by Gasteiger charge is -2.01. The van der Waals surface area contributed by atoms with Crippen molar-refractivity contribution in [3.63, 3.8) is 0 Å². The van der Waals surface area contributed by atoms with E-state index >= 15 is 0 Å². The first kappa shape index (κ1) is 15.3. The minimum Gasteiger partial charge on any atom is -0.149 e. The van der Waals surface area contributed by atoms with Crippen molar-refractivity contribution in [2.75, 3.05) is 0 Å². The first-order chi connectivity index (χ1) is 9.72. The average Bonchev–Trinajstić information content (AvgIpc) is 2.45. The fourth-order valence-electron chi connectivity index (χ4n) is 1.91. The van der Waals surface area contributed by atoms with E-state index in [4.69, 9.17) is 11.6 Å². The molecule has 20 heavy (non-hydrogen) atoms. The SMILES string of the molecule is CCCCCCC#Cc1nnc2ccc(Br)cc2c1Cl. The molecule has 4 heteroatoms. The third kappa shape index (κ3) is 3.94. The van der Waals surface area contributed by atoms with Gasteiger partial charge in [0.1, 0.15) is 0 Å². The Labute approximate surface area is 133 Å². The molecule has 1 aromatic heterocycles. The van der Waals surface area contributed by atoms with E-state index in [1.54, 1.807) is 0 Å². The van der Waals surface area contributed by atoms with Gasteiger partial charge in [0.25, 0.3) is 0 Å². The third-order valence-electron chi connectivity index (χ3n) is 3.02. The second-order valence-electron chi connectivity index (χ2n) is 4.64. The molecule has 104 valence electrons. The Morgan fingerprint density at radius 3 is 2.85 bits per heavy atom. The summed E-state index contributed by atoms with van der Waals surface area (Å²) in [6.45, 7) is 2.20. The van der Waals surface area contributed by atoms with Crippen LogP contribution in [0, 0.1) is 11.8 Å². The monoisotopic (exact) mass is 350 g/mol. The van der Waals surface area contributed by atoms with Gasteiger partial charge in [-0.15, -0.1) is 10.2 Å². The topological polar surface area (TPSA) is 25.8 Å². The molecule has 0 saturated heterocycles. The molecule has 0 fully saturated rings. The lowest BCUT2D eigenvalue weighted by molar-refractivity contribution is 0.679. The van der Waals surface area contributed by atoms with Gasteiger partial charge < -0.3 is 0 Å². The first-order valence-corrected chi connectivity index (χ1v) is 7.99. The first-order valence-electron chi connectivity index (χ1n) is 6.82. The van der Waals surface area contributed by atoms with E-state index in [2.05, 4.69) is 44.9 Å². The van der Waals surface area contributed by atoms with Gasteiger partial charge in [-0.3, -0.25) is 0 Å². The predicted octanol–water partition coefficient (Wildman–Crippen LogP) is 5.37. The number of rotatable bonds is 4. The van der Waals surface area contributed by atoms with E-state index in [-0.39, 0.29) is 0 Å². The minimum absolute atomic E-state index is 0.563. The lowest BCUT2D eigenvalue weighted by Crippen LogP contribution is -1.91. The molecule has 2 rings (SSSR count). The van der Waals surface area contributed by atoms with Crippen molar-refractivity contribution in [3.05, 3.63) is 33.4 Å². The predicted molar refractivity (Wildman–Crippen MR) is 87.9 cm³/mol. The van der Waals surface area contributed by atoms with Gasteiger partial charge in [0.05, 0.1) is 10.5 Å². The van der Waals surface area contributed by atoms with Crippen molar-refractivity contribution >= 4 is 38.4 Å². The summed E-state index contributed by atoms with van der Waals surface area (Å²) in [5.41, 5.74) is 1.35. The molecule has 0 aliphatic carbocycles. The Balaban J connectivity index is 2.15. The zero-order valence-corrected chi connectivity index (χ0v) is 13.8. The van der Waals surface area contributed by atoms with Crippen LogP contribution in [0.5, 0.6) is 0 Å². The third-order valence-corrected chi connectivity index (χ3v) is 3.90. The van der Waals surface area contributed by atoms with E-state index in [9.17, 15) is 0 Å². The molecule has 0 spiro atoms. The summed E-state index contributed by atoms with van der Waals surface area (Å²) in [5.74, 6) is 6.16. The normalized spacial score (nSPS) is 10.3. The highest BCUT2D eigenvalue weighted by molar-refractivity contribution is 9.10. The molecule has 0 radical (unpaired) electrons. The van der Waals surface area contributed by atoms with Crippen molar-refractivity contribution in [2.45, 2.75) is 39.0 Å². The minimum atomic E-state index is 0.563. The molecular weight excluding hydrogens is 336 g/mol. The maximum atomic E-state index is 6.35. The standard InChI is InChI=1S/C16H16BrClN2/c1-2-3-4-5-6-7-8-15-16(18)13-11-12(17)9-10-14(13)19-20-15/h9-11H,2-6H2,1H3. The van der Waals surface area contributed by atoms with E-state index in [0.29, 0.717) is 10.7 Å². The Hall–Kier alpha value is -1.11. The zero-order chi connectivity index (χ0) is 14.4. The number of fused-ring (bicyclic) bond motifs is 1. The molecule has 1 aromatic carbocycles. The van der Waals surface area contributed by atoms with Crippen LogP contribution in [-0.4, -0.2) is 10.2 Å². The molecule has 0 amide bonds. The molecular formula is C16H16BrClN2. The van der Waals surface area contributed by atoms with Gasteiger partial charge in [-0.05, 0) is 30.5 Å². The summed E-state index contributed by atoms with van der Waals surface area (Å²) in [4.78, 5) is 0. The summed E-state index contributed by atoms with van der Waals surface area (Å²) < 4.78 is 0.971. The Morgan fingerprint density at radius 2 is 2.05 bits per heavy atom. The van der Waals surface area contributed by atoms with Crippen molar-refractivity contribution in [1.29, 1.82) is 0 Å². The number of benzene rings is 1. The second kappa shape index (κ2) is 7.61. The average molecular weight is 352 g/mol. The van der Waals surface area contributed by atoms with E-state index in [0.717, 1.165) is 28.2 Å². The van der Waals surface area contributed by atoms with E-state index < -0.39 is 0 Å². The van der Waals surface area contributed by atoms with E-state index in [1.807, 2.05) is 18.2 Å². The lowest BCUT2D eigenvalue weighted by atomic mass is 10.1. The molecule has 2 aromatic rings. The van der Waals surface area contributed by atoms with Crippen LogP contribution in [0.25, 0.3) is 10.9 Å². The molecule has 2 nitrogen and oxygen atoms in total. The van der Waals surface area contributed by atoms with Crippen LogP contribution in [0.15, 0.2) is 22.7 Å². The fraction of sp³-hybridized carbons (Fsp3) is 0.375. The van der Waals surface area contributed by atoms with Crippen LogP contribution in [-0.2, 0) is 0 Å². The smallest absolute Gasteiger partial charge is 0.149 e. The van der Waals surface area contributed by atoms with E-state index in [1.165, 1.54) is 19.3 Å². The summed E-state index contributed by atoms with van der Waals surface area (Å²) in [6.07, 6.45) is 5.76. The van der Waals surface area contributed by atoms with Crippen molar-refractivity contribution in [2.24, 2.45) is 0 Å². The van der Waals surface area contributed by atoms with Crippen LogP contribution >= 0.6 is 27.5 Å². The van der Waals surface area contributed by atoms with Crippen LogP contribution in [0.2, 0.25) is 5.02 Å². The molecule has 0 aliphatic heterocycles. The Morgan fingerprint density at radius 1 is 1.20 bits per heavy atom. The quantitative estimate of drug-likeness (QED) is 0.547. The molecule has 0 bridgehead atoms. The maximum Gasteiger partial charge on any atom is 0.155 e. The van der Waals surface area contributed by atoms with Gasteiger partial charge >= 0.3 is 0 Å². The summed E-state index contributed by atoms with van der Waals surface area (Å²) in [6, 6.07) is 5.76. The van der Waals surface area contributed by atoms with Crippen LogP contribution in [0.4, 0.5) is 0 Å². The highest BCUT2D eigenvalue weighted by Crippen LogP contribution is 2.26. The molecule has 0 N–H and O–H groups in total. The van der Waals surface area contributed by atoms with Crippen LogP contribution in [0.3, 0.4) is 0 Å². The number of hydrogen-bond acceptors (Lipinski definition) is 2. The number of hydrogen-bond donors (Lipinski definition) is 0. The van der Waals surface area contributed by atoms with Crippen LogP contribution < -0.4 is 0 Å². The van der Waals surface area contributed by atoms with Gasteiger partial charge in [-0.1, -0.05) is 59.6 Å². The summed E-state index contributed by atoms with van der Waals surface area (Å²) >= 11 is 9.79. The number of aromatic nitrogens is 2. The van der Waals surface area contributed by atoms with Crippen molar-refractivity contribution in [3.8, 4) is 11.8 Å². The van der Waals surface area contributed by atoms with Crippen molar-refractivity contribution in [1.82, 2.24) is 10.2 Å². The van der Waals surface area contributed by atoms with Crippen LogP contribution in [0.1, 0.15) is 44.7 Å². The number of halogens is 2. The maximum absolute atomic E-state index is 6.35. The fourth-order valence-corrected chi connectivity index (χ4v) is 2.51. The van der Waals surface area contributed by atoms with Gasteiger partial charge in [-0.2, -0.15) is 0 Å².